The topological polar surface area (TPSA) is 102 Å². The summed E-state index contributed by atoms with van der Waals surface area (Å²) >= 11 is 1.10. The molecule has 0 radical (unpaired) electrons. The Bertz CT molecular complexity index is 1030. The molecule has 10 heteroatoms. The fourth-order valence-electron chi connectivity index (χ4n) is 2.59. The van der Waals surface area contributed by atoms with Crippen molar-refractivity contribution in [3.05, 3.63) is 69.9 Å². The molecule has 2 aromatic carbocycles. The third kappa shape index (κ3) is 7.10. The van der Waals surface area contributed by atoms with E-state index < -0.39 is 5.91 Å². The highest BCUT2D eigenvalue weighted by Crippen LogP contribution is 2.17. The van der Waals surface area contributed by atoms with Gasteiger partial charge in [-0.1, -0.05) is 11.3 Å². The van der Waals surface area contributed by atoms with Crippen molar-refractivity contribution < 1.29 is 23.5 Å². The molecule has 3 rings (SSSR count). The lowest BCUT2D eigenvalue weighted by Crippen LogP contribution is -2.25. The predicted octanol–water partition coefficient (Wildman–Crippen LogP) is 3.66. The molecule has 0 unspecified atom stereocenters. The molecule has 0 spiro atoms. The van der Waals surface area contributed by atoms with Crippen LogP contribution in [-0.4, -0.2) is 41.8 Å². The van der Waals surface area contributed by atoms with Gasteiger partial charge in [0.15, 0.2) is 5.01 Å². The summed E-state index contributed by atoms with van der Waals surface area (Å²) in [7, 11) is 0. The summed E-state index contributed by atoms with van der Waals surface area (Å²) in [6.07, 6.45) is 0.743. The van der Waals surface area contributed by atoms with Crippen LogP contribution in [0.4, 0.5) is 10.1 Å². The average Bonchev–Trinajstić information content (AvgIpc) is 3.28. The number of nitrogens with zero attached hydrogens (tertiary/aromatic N) is 2. The minimum Gasteiger partial charge on any atom is -0.486 e. The molecule has 1 aromatic heterocycles. The van der Waals surface area contributed by atoms with Crippen LogP contribution in [0.1, 0.15) is 38.5 Å². The Morgan fingerprint density at radius 2 is 1.78 bits per heavy atom. The maximum Gasteiger partial charge on any atom is 0.286 e. The van der Waals surface area contributed by atoms with E-state index in [-0.39, 0.29) is 23.3 Å². The van der Waals surface area contributed by atoms with Crippen LogP contribution in [0.5, 0.6) is 5.75 Å². The Hall–Kier alpha value is -3.37. The van der Waals surface area contributed by atoms with Crippen molar-refractivity contribution in [2.24, 2.45) is 0 Å². The maximum atomic E-state index is 12.9. The number of amides is 2. The smallest absolute Gasteiger partial charge is 0.286 e. The lowest BCUT2D eigenvalue weighted by molar-refractivity contribution is 0.0943. The highest BCUT2D eigenvalue weighted by atomic mass is 32.1. The Morgan fingerprint density at radius 3 is 2.50 bits per heavy atom. The van der Waals surface area contributed by atoms with Gasteiger partial charge in [0.2, 0.25) is 5.01 Å². The summed E-state index contributed by atoms with van der Waals surface area (Å²) < 4.78 is 23.7. The molecular weight excluding hydrogens is 435 g/mol. The number of anilines is 1. The normalized spacial score (nSPS) is 10.6. The number of benzene rings is 2. The van der Waals surface area contributed by atoms with Crippen molar-refractivity contribution in [1.29, 1.82) is 0 Å². The molecular formula is C22H23FN4O4S. The molecule has 0 saturated carbocycles. The van der Waals surface area contributed by atoms with E-state index in [0.717, 1.165) is 17.8 Å². The van der Waals surface area contributed by atoms with Crippen LogP contribution in [-0.2, 0) is 11.3 Å². The molecule has 3 aromatic rings. The van der Waals surface area contributed by atoms with Crippen LogP contribution < -0.4 is 15.4 Å². The number of hydrogen-bond acceptors (Lipinski definition) is 7. The highest BCUT2D eigenvalue weighted by Gasteiger charge is 2.14. The van der Waals surface area contributed by atoms with Gasteiger partial charge in [0.1, 0.15) is 18.2 Å². The van der Waals surface area contributed by atoms with Crippen molar-refractivity contribution in [2.45, 2.75) is 20.0 Å². The van der Waals surface area contributed by atoms with Gasteiger partial charge in [0.05, 0.1) is 0 Å². The molecule has 0 aliphatic rings. The van der Waals surface area contributed by atoms with Crippen LogP contribution in [0.3, 0.4) is 0 Å². The fraction of sp³-hybridized carbons (Fsp3) is 0.273. The van der Waals surface area contributed by atoms with E-state index in [1.54, 1.807) is 24.3 Å². The van der Waals surface area contributed by atoms with Crippen LogP contribution in [0.15, 0.2) is 48.5 Å². The SMILES string of the molecule is CCOCCCNC(=O)c1ccc(NC(=O)c2nnc(COc3ccc(F)cc3)s2)cc1. The fourth-order valence-corrected chi connectivity index (χ4v) is 3.24. The highest BCUT2D eigenvalue weighted by molar-refractivity contribution is 7.13. The zero-order valence-corrected chi connectivity index (χ0v) is 18.3. The molecule has 8 nitrogen and oxygen atoms in total. The second-order valence-corrected chi connectivity index (χ2v) is 7.64. The van der Waals surface area contributed by atoms with Crippen LogP contribution in [0, 0.1) is 5.82 Å². The van der Waals surface area contributed by atoms with E-state index in [4.69, 9.17) is 9.47 Å². The van der Waals surface area contributed by atoms with Gasteiger partial charge < -0.3 is 20.1 Å². The largest absolute Gasteiger partial charge is 0.486 e. The summed E-state index contributed by atoms with van der Waals surface area (Å²) in [4.78, 5) is 24.5. The predicted molar refractivity (Wildman–Crippen MR) is 118 cm³/mol. The molecule has 0 aliphatic carbocycles. The van der Waals surface area contributed by atoms with Crippen molar-refractivity contribution >= 4 is 28.8 Å². The lowest BCUT2D eigenvalue weighted by Gasteiger charge is -2.07. The number of ether oxygens (including phenoxy) is 2. The number of halogens is 1. The van der Waals surface area contributed by atoms with Crippen molar-refractivity contribution in [3.8, 4) is 5.75 Å². The maximum absolute atomic E-state index is 12.9. The van der Waals surface area contributed by atoms with Gasteiger partial charge in [-0.05, 0) is 61.9 Å². The second kappa shape index (κ2) is 11.9. The van der Waals surface area contributed by atoms with E-state index in [1.807, 2.05) is 6.92 Å². The minimum absolute atomic E-state index is 0.116. The number of hydrogen-bond donors (Lipinski definition) is 2. The molecule has 32 heavy (non-hydrogen) atoms. The molecule has 0 aliphatic heterocycles. The second-order valence-electron chi connectivity index (χ2n) is 6.58. The van der Waals surface area contributed by atoms with Crippen LogP contribution in [0.25, 0.3) is 0 Å². The minimum atomic E-state index is -0.413. The average molecular weight is 459 g/mol. The van der Waals surface area contributed by atoms with Gasteiger partial charge in [0, 0.05) is 31.0 Å². The Labute approximate surface area is 188 Å². The third-order valence-corrected chi connectivity index (χ3v) is 5.09. The first kappa shape index (κ1) is 23.3. The monoisotopic (exact) mass is 458 g/mol. The molecule has 0 atom stereocenters. The summed E-state index contributed by atoms with van der Waals surface area (Å²) in [6, 6.07) is 12.2. The van der Waals surface area contributed by atoms with Crippen LogP contribution >= 0.6 is 11.3 Å². The Kier molecular flexibility index (Phi) is 8.64. The van der Waals surface area contributed by atoms with E-state index >= 15 is 0 Å². The molecule has 2 N–H and O–H groups in total. The quantitative estimate of drug-likeness (QED) is 0.425. The molecule has 0 saturated heterocycles. The van der Waals surface area contributed by atoms with Crippen molar-refractivity contribution in [3.63, 3.8) is 0 Å². The van der Waals surface area contributed by atoms with Gasteiger partial charge in [-0.3, -0.25) is 9.59 Å². The van der Waals surface area contributed by atoms with Crippen LogP contribution in [0.2, 0.25) is 0 Å². The van der Waals surface area contributed by atoms with Gasteiger partial charge in [-0.25, -0.2) is 4.39 Å². The first-order valence-electron chi connectivity index (χ1n) is 10.0. The molecule has 1 heterocycles. The number of rotatable bonds is 11. The number of carbonyl (C=O) groups is 2. The first-order valence-corrected chi connectivity index (χ1v) is 10.8. The summed E-state index contributed by atoms with van der Waals surface area (Å²) in [5.41, 5.74) is 1.03. The van der Waals surface area contributed by atoms with E-state index in [0.29, 0.717) is 41.8 Å². The summed E-state index contributed by atoms with van der Waals surface area (Å²) in [6.45, 7) is 3.83. The van der Waals surface area contributed by atoms with Gasteiger partial charge in [-0.15, -0.1) is 10.2 Å². The zero-order chi connectivity index (χ0) is 22.8. The molecule has 0 fully saturated rings. The number of carbonyl (C=O) groups excluding carboxylic acids is 2. The first-order chi connectivity index (χ1) is 15.5. The summed E-state index contributed by atoms with van der Waals surface area (Å²) in [5, 5.41) is 14.1. The lowest BCUT2D eigenvalue weighted by atomic mass is 10.2. The molecule has 168 valence electrons. The van der Waals surface area contributed by atoms with Gasteiger partial charge >= 0.3 is 0 Å². The number of nitrogens with one attached hydrogen (secondary N) is 2. The summed E-state index contributed by atoms with van der Waals surface area (Å²) in [5.74, 6) is -0.456. The third-order valence-electron chi connectivity index (χ3n) is 4.20. The van der Waals surface area contributed by atoms with E-state index in [2.05, 4.69) is 20.8 Å². The number of aromatic nitrogens is 2. The molecule has 0 bridgehead atoms. The van der Waals surface area contributed by atoms with E-state index in [1.165, 1.54) is 24.3 Å². The zero-order valence-electron chi connectivity index (χ0n) is 17.5. The van der Waals surface area contributed by atoms with Crippen molar-refractivity contribution in [1.82, 2.24) is 15.5 Å². The van der Waals surface area contributed by atoms with E-state index in [9.17, 15) is 14.0 Å². The Morgan fingerprint density at radius 1 is 1.03 bits per heavy atom. The van der Waals surface area contributed by atoms with Gasteiger partial charge in [0.25, 0.3) is 11.8 Å². The molecule has 2 amide bonds. The van der Waals surface area contributed by atoms with Crippen molar-refractivity contribution in [2.75, 3.05) is 25.1 Å². The standard InChI is InChI=1S/C22H23FN4O4S/c1-2-30-13-3-12-24-20(28)15-4-8-17(9-5-15)25-21(29)22-27-26-19(32-22)14-31-18-10-6-16(23)7-11-18/h4-11H,2-3,12-14H2,1H3,(H,24,28)(H,25,29). The Balaban J connectivity index is 1.47. The van der Waals surface area contributed by atoms with Gasteiger partial charge in [-0.2, -0.15) is 0 Å².